The summed E-state index contributed by atoms with van der Waals surface area (Å²) in [5, 5.41) is 3.30. The first-order chi connectivity index (χ1) is 12.6. The van der Waals surface area contributed by atoms with E-state index >= 15 is 0 Å². The van der Waals surface area contributed by atoms with Crippen LogP contribution < -0.4 is 10.1 Å². The van der Waals surface area contributed by atoms with Gasteiger partial charge in [-0.2, -0.15) is 0 Å². The zero-order chi connectivity index (χ0) is 18.5. The van der Waals surface area contributed by atoms with Gasteiger partial charge in [-0.25, -0.2) is 8.78 Å². The number of methoxy groups -OCH3 is 1. The second-order valence-corrected chi connectivity index (χ2v) is 6.28. The van der Waals surface area contributed by atoms with Crippen molar-refractivity contribution >= 4 is 18.3 Å². The van der Waals surface area contributed by atoms with Gasteiger partial charge < -0.3 is 15.0 Å². The molecular weight excluding hydrogens is 374 g/mol. The molecule has 0 bridgehead atoms. The lowest BCUT2D eigenvalue weighted by Gasteiger charge is -2.37. The molecule has 4 nitrogen and oxygen atoms in total. The molecule has 0 saturated carbocycles. The molecule has 1 N–H and O–H groups in total. The number of hydrogen-bond donors (Lipinski definition) is 1. The Labute approximate surface area is 163 Å². The number of nitrogens with zero attached hydrogens (tertiary/aromatic N) is 1. The first kappa shape index (κ1) is 21.1. The van der Waals surface area contributed by atoms with Crippen molar-refractivity contribution in [2.45, 2.75) is 18.9 Å². The van der Waals surface area contributed by atoms with Crippen molar-refractivity contribution in [1.29, 1.82) is 0 Å². The average molecular weight is 397 g/mol. The van der Waals surface area contributed by atoms with Crippen molar-refractivity contribution in [3.63, 3.8) is 0 Å². The van der Waals surface area contributed by atoms with Crippen LogP contribution >= 0.6 is 12.4 Å². The van der Waals surface area contributed by atoms with E-state index in [4.69, 9.17) is 4.74 Å². The van der Waals surface area contributed by atoms with Gasteiger partial charge >= 0.3 is 0 Å². The monoisotopic (exact) mass is 396 g/mol. The molecule has 2 aromatic rings. The topological polar surface area (TPSA) is 41.6 Å². The van der Waals surface area contributed by atoms with Crippen molar-refractivity contribution in [2.24, 2.45) is 0 Å². The number of benzene rings is 2. The van der Waals surface area contributed by atoms with Crippen LogP contribution in [-0.2, 0) is 11.2 Å². The smallest absolute Gasteiger partial charge is 0.223 e. The Morgan fingerprint density at radius 2 is 2.04 bits per heavy atom. The molecule has 0 aliphatic carbocycles. The molecule has 1 unspecified atom stereocenters. The molecule has 7 heteroatoms. The van der Waals surface area contributed by atoms with E-state index in [0.29, 0.717) is 19.6 Å². The van der Waals surface area contributed by atoms with Crippen LogP contribution in [0.25, 0.3) is 0 Å². The van der Waals surface area contributed by atoms with E-state index in [1.165, 1.54) is 0 Å². The van der Waals surface area contributed by atoms with Gasteiger partial charge in [-0.05, 0) is 36.2 Å². The van der Waals surface area contributed by atoms with Crippen LogP contribution in [0, 0.1) is 11.6 Å². The number of rotatable bonds is 5. The molecule has 1 aliphatic rings. The normalized spacial score (nSPS) is 16.6. The Kier molecular flexibility index (Phi) is 7.56. The number of halogens is 3. The van der Waals surface area contributed by atoms with E-state index in [1.54, 1.807) is 12.0 Å². The Bertz CT molecular complexity index is 788. The van der Waals surface area contributed by atoms with Gasteiger partial charge in [0.1, 0.15) is 17.4 Å². The summed E-state index contributed by atoms with van der Waals surface area (Å²) in [4.78, 5) is 14.6. The fourth-order valence-electron chi connectivity index (χ4n) is 3.34. The average Bonchev–Trinajstić information content (AvgIpc) is 2.68. The Morgan fingerprint density at radius 1 is 1.26 bits per heavy atom. The van der Waals surface area contributed by atoms with Gasteiger partial charge in [-0.15, -0.1) is 12.4 Å². The second kappa shape index (κ2) is 9.67. The van der Waals surface area contributed by atoms with E-state index in [-0.39, 0.29) is 42.8 Å². The van der Waals surface area contributed by atoms with E-state index in [9.17, 15) is 13.6 Å². The number of nitrogens with one attached hydrogen (secondary N) is 1. The maximum atomic E-state index is 13.8. The second-order valence-electron chi connectivity index (χ2n) is 6.28. The van der Waals surface area contributed by atoms with Gasteiger partial charge in [0.25, 0.3) is 0 Å². The van der Waals surface area contributed by atoms with Gasteiger partial charge in [0, 0.05) is 31.6 Å². The third-order valence-corrected chi connectivity index (χ3v) is 4.68. The molecule has 27 heavy (non-hydrogen) atoms. The Morgan fingerprint density at radius 3 is 2.81 bits per heavy atom. The van der Waals surface area contributed by atoms with Crippen molar-refractivity contribution in [3.8, 4) is 5.75 Å². The third kappa shape index (κ3) is 4.96. The van der Waals surface area contributed by atoms with Crippen LogP contribution in [0.4, 0.5) is 8.78 Å². The highest BCUT2D eigenvalue weighted by Gasteiger charge is 2.29. The van der Waals surface area contributed by atoms with Gasteiger partial charge in [0.2, 0.25) is 5.91 Å². The molecule has 3 rings (SSSR count). The highest BCUT2D eigenvalue weighted by atomic mass is 35.5. The molecule has 1 amide bonds. The zero-order valence-corrected chi connectivity index (χ0v) is 15.9. The lowest BCUT2D eigenvalue weighted by molar-refractivity contribution is -0.134. The first-order valence-electron chi connectivity index (χ1n) is 8.67. The predicted octanol–water partition coefficient (Wildman–Crippen LogP) is 3.50. The number of piperazine rings is 1. The molecule has 1 aliphatic heterocycles. The minimum absolute atomic E-state index is 0. The van der Waals surface area contributed by atoms with Gasteiger partial charge in [0.05, 0.1) is 13.2 Å². The number of carbonyl (C=O) groups excluding carboxylic acids is 1. The SMILES string of the molecule is COc1ccccc1C1CNCCN1C(=O)CCc1cc(F)ccc1F.Cl. The fourth-order valence-corrected chi connectivity index (χ4v) is 3.34. The van der Waals surface area contributed by atoms with Crippen LogP contribution in [-0.4, -0.2) is 37.6 Å². The molecule has 0 radical (unpaired) electrons. The van der Waals surface area contributed by atoms with E-state index < -0.39 is 11.6 Å². The Hall–Kier alpha value is -2.18. The van der Waals surface area contributed by atoms with Gasteiger partial charge in [-0.3, -0.25) is 4.79 Å². The van der Waals surface area contributed by atoms with Crippen LogP contribution in [0.3, 0.4) is 0 Å². The highest BCUT2D eigenvalue weighted by Crippen LogP contribution is 2.30. The van der Waals surface area contributed by atoms with Crippen molar-refractivity contribution in [2.75, 3.05) is 26.7 Å². The minimum Gasteiger partial charge on any atom is -0.496 e. The molecular formula is C20H23ClF2N2O2. The predicted molar refractivity (Wildman–Crippen MR) is 102 cm³/mol. The van der Waals surface area contributed by atoms with Gasteiger partial charge in [0.15, 0.2) is 0 Å². The Balaban J connectivity index is 0.00000261. The summed E-state index contributed by atoms with van der Waals surface area (Å²) in [5.41, 5.74) is 1.16. The maximum absolute atomic E-state index is 13.8. The molecule has 2 aromatic carbocycles. The highest BCUT2D eigenvalue weighted by molar-refractivity contribution is 5.85. The quantitative estimate of drug-likeness (QED) is 0.841. The third-order valence-electron chi connectivity index (χ3n) is 4.68. The number of amides is 1. The largest absolute Gasteiger partial charge is 0.496 e. The fraction of sp³-hybridized carbons (Fsp3) is 0.350. The minimum atomic E-state index is -0.497. The number of aryl methyl sites for hydroxylation is 1. The molecule has 1 fully saturated rings. The molecule has 1 saturated heterocycles. The molecule has 1 heterocycles. The summed E-state index contributed by atoms with van der Waals surface area (Å²) in [6.07, 6.45) is 0.303. The van der Waals surface area contributed by atoms with E-state index in [0.717, 1.165) is 29.5 Å². The van der Waals surface area contributed by atoms with E-state index in [2.05, 4.69) is 5.32 Å². The van der Waals surface area contributed by atoms with Crippen molar-refractivity contribution < 1.29 is 18.3 Å². The summed E-state index contributed by atoms with van der Waals surface area (Å²) in [5.74, 6) is -0.329. The van der Waals surface area contributed by atoms with E-state index in [1.807, 2.05) is 24.3 Å². The number of para-hydroxylation sites is 1. The zero-order valence-electron chi connectivity index (χ0n) is 15.1. The molecule has 0 spiro atoms. The standard InChI is InChI=1S/C20H22F2N2O2.ClH/c1-26-19-5-3-2-4-16(19)18-13-23-10-11-24(18)20(25)9-6-14-12-15(21)7-8-17(14)22;/h2-5,7-8,12,18,23H,6,9-11,13H2,1H3;1H. The summed E-state index contributed by atoms with van der Waals surface area (Å²) in [6.45, 7) is 1.89. The number of carbonyl (C=O) groups is 1. The molecule has 0 aromatic heterocycles. The number of ether oxygens (including phenoxy) is 1. The van der Waals surface area contributed by atoms with Crippen LogP contribution in [0.15, 0.2) is 42.5 Å². The van der Waals surface area contributed by atoms with Crippen LogP contribution in [0.2, 0.25) is 0 Å². The summed E-state index contributed by atoms with van der Waals surface area (Å²) in [7, 11) is 1.61. The van der Waals surface area contributed by atoms with Crippen molar-refractivity contribution in [3.05, 3.63) is 65.2 Å². The van der Waals surface area contributed by atoms with Crippen molar-refractivity contribution in [1.82, 2.24) is 10.2 Å². The maximum Gasteiger partial charge on any atom is 0.223 e. The summed E-state index contributed by atoms with van der Waals surface area (Å²) in [6, 6.07) is 10.8. The van der Waals surface area contributed by atoms with Crippen LogP contribution in [0.5, 0.6) is 5.75 Å². The van der Waals surface area contributed by atoms with Crippen LogP contribution in [0.1, 0.15) is 23.6 Å². The summed E-state index contributed by atoms with van der Waals surface area (Å²) >= 11 is 0. The van der Waals surface area contributed by atoms with Gasteiger partial charge in [-0.1, -0.05) is 18.2 Å². The first-order valence-corrected chi connectivity index (χ1v) is 8.67. The lowest BCUT2D eigenvalue weighted by Crippen LogP contribution is -2.48. The lowest BCUT2D eigenvalue weighted by atomic mass is 10.0. The molecule has 146 valence electrons. The number of hydrogen-bond acceptors (Lipinski definition) is 3. The molecule has 1 atom stereocenters. The summed E-state index contributed by atoms with van der Waals surface area (Å²) < 4.78 is 32.5.